The number of phenolic OH excluding ortho intramolecular Hbond substituents is 1. The SMILES string of the molecule is Cl.Cl.Nc1nc(-c2ccccc2O)cc(C2CCN(Cc3c[nH]c4ccccc34)CC2)n1. The van der Waals surface area contributed by atoms with Crippen LogP contribution in [0.25, 0.3) is 22.2 Å². The van der Waals surface area contributed by atoms with Crippen molar-refractivity contribution in [3.8, 4) is 17.0 Å². The van der Waals surface area contributed by atoms with E-state index in [1.165, 1.54) is 16.5 Å². The number of halogens is 2. The van der Waals surface area contributed by atoms with Crippen LogP contribution in [0, 0.1) is 0 Å². The molecule has 0 radical (unpaired) electrons. The number of aromatic amines is 1. The van der Waals surface area contributed by atoms with Crippen LogP contribution < -0.4 is 5.73 Å². The minimum absolute atomic E-state index is 0. The lowest BCUT2D eigenvalue weighted by molar-refractivity contribution is 0.204. The molecule has 4 aromatic rings. The summed E-state index contributed by atoms with van der Waals surface area (Å²) in [6, 6.07) is 17.6. The van der Waals surface area contributed by atoms with E-state index in [9.17, 15) is 5.11 Å². The standard InChI is InChI=1S/C24H25N5O.2ClH/c25-24-27-21(13-22(28-24)19-6-2-4-8-23(19)30)16-9-11-29(12-10-16)15-17-14-26-20-7-3-1-5-18(17)20;;/h1-8,13-14,16,26,30H,9-12,15H2,(H2,25,27,28);2*1H. The quantitative estimate of drug-likeness (QED) is 0.383. The first-order valence-electron chi connectivity index (χ1n) is 10.4. The number of phenols is 1. The summed E-state index contributed by atoms with van der Waals surface area (Å²) in [4.78, 5) is 14.7. The van der Waals surface area contributed by atoms with Gasteiger partial charge in [0.25, 0.3) is 0 Å². The Hall–Kier alpha value is -2.80. The van der Waals surface area contributed by atoms with Gasteiger partial charge < -0.3 is 15.8 Å². The Balaban J connectivity index is 0.00000144. The van der Waals surface area contributed by atoms with Crippen LogP contribution in [0.15, 0.2) is 60.8 Å². The first-order chi connectivity index (χ1) is 14.7. The van der Waals surface area contributed by atoms with E-state index >= 15 is 0 Å². The summed E-state index contributed by atoms with van der Waals surface area (Å²) in [5, 5.41) is 11.5. The molecule has 5 rings (SSSR count). The van der Waals surface area contributed by atoms with Gasteiger partial charge in [0.15, 0.2) is 0 Å². The summed E-state index contributed by atoms with van der Waals surface area (Å²) in [6.07, 6.45) is 4.18. The number of H-pyrrole nitrogens is 1. The highest BCUT2D eigenvalue weighted by atomic mass is 35.5. The molecule has 1 fully saturated rings. The molecule has 168 valence electrons. The fraction of sp³-hybridized carbons (Fsp3) is 0.250. The molecule has 2 aromatic heterocycles. The summed E-state index contributed by atoms with van der Waals surface area (Å²) in [7, 11) is 0. The summed E-state index contributed by atoms with van der Waals surface area (Å²) >= 11 is 0. The predicted molar refractivity (Wildman–Crippen MR) is 134 cm³/mol. The van der Waals surface area contributed by atoms with Crippen molar-refractivity contribution in [3.05, 3.63) is 72.1 Å². The average molecular weight is 472 g/mol. The second-order valence-corrected chi connectivity index (χ2v) is 7.96. The van der Waals surface area contributed by atoms with Crippen LogP contribution in [0.1, 0.15) is 30.0 Å². The van der Waals surface area contributed by atoms with Gasteiger partial charge in [-0.05, 0) is 55.8 Å². The number of hydrogen-bond acceptors (Lipinski definition) is 5. The molecule has 0 spiro atoms. The molecule has 0 bridgehead atoms. The lowest BCUT2D eigenvalue weighted by atomic mass is 9.92. The third-order valence-electron chi connectivity index (χ3n) is 6.02. The summed E-state index contributed by atoms with van der Waals surface area (Å²) < 4.78 is 0. The Morgan fingerprint density at radius 1 is 1.00 bits per heavy atom. The van der Waals surface area contributed by atoms with Crippen molar-refractivity contribution in [2.45, 2.75) is 25.3 Å². The van der Waals surface area contributed by atoms with E-state index in [1.807, 2.05) is 18.2 Å². The third kappa shape index (κ3) is 4.83. The van der Waals surface area contributed by atoms with Gasteiger partial charge in [-0.2, -0.15) is 0 Å². The molecular formula is C24H27Cl2N5O. The van der Waals surface area contributed by atoms with Gasteiger partial charge in [0.1, 0.15) is 5.75 Å². The number of fused-ring (bicyclic) bond motifs is 1. The fourth-order valence-corrected chi connectivity index (χ4v) is 4.41. The van der Waals surface area contributed by atoms with Gasteiger partial charge in [-0.3, -0.25) is 4.90 Å². The second-order valence-electron chi connectivity index (χ2n) is 7.96. The minimum Gasteiger partial charge on any atom is -0.507 e. The van der Waals surface area contributed by atoms with E-state index in [0.29, 0.717) is 17.2 Å². The predicted octanol–water partition coefficient (Wildman–Crippen LogP) is 5.14. The number of piperidine rings is 1. The zero-order chi connectivity index (χ0) is 20.5. The number of nitrogens with two attached hydrogens (primary N) is 1. The molecular weight excluding hydrogens is 445 g/mol. The van der Waals surface area contributed by atoms with Crippen molar-refractivity contribution in [3.63, 3.8) is 0 Å². The number of aromatic nitrogens is 3. The number of rotatable bonds is 4. The maximum absolute atomic E-state index is 10.2. The largest absolute Gasteiger partial charge is 0.507 e. The number of benzene rings is 2. The number of likely N-dealkylation sites (tertiary alicyclic amines) is 1. The van der Waals surface area contributed by atoms with Gasteiger partial charge in [0.05, 0.1) is 5.69 Å². The van der Waals surface area contributed by atoms with E-state index in [0.717, 1.165) is 38.2 Å². The van der Waals surface area contributed by atoms with Gasteiger partial charge in [-0.1, -0.05) is 30.3 Å². The number of anilines is 1. The van der Waals surface area contributed by atoms with E-state index in [2.05, 4.69) is 50.3 Å². The highest BCUT2D eigenvalue weighted by Crippen LogP contribution is 2.33. The van der Waals surface area contributed by atoms with E-state index in [-0.39, 0.29) is 36.5 Å². The third-order valence-corrected chi connectivity index (χ3v) is 6.02. The van der Waals surface area contributed by atoms with Crippen LogP contribution in [0.3, 0.4) is 0 Å². The zero-order valence-electron chi connectivity index (χ0n) is 17.6. The molecule has 1 saturated heterocycles. The molecule has 32 heavy (non-hydrogen) atoms. The Kier molecular flexibility index (Phi) is 7.61. The molecule has 0 atom stereocenters. The molecule has 0 saturated carbocycles. The van der Waals surface area contributed by atoms with Gasteiger partial charge >= 0.3 is 0 Å². The van der Waals surface area contributed by atoms with Crippen LogP contribution in [0.5, 0.6) is 5.75 Å². The van der Waals surface area contributed by atoms with E-state index < -0.39 is 0 Å². The lowest BCUT2D eigenvalue weighted by Crippen LogP contribution is -2.32. The molecule has 0 aliphatic carbocycles. The van der Waals surface area contributed by atoms with Crippen molar-refractivity contribution < 1.29 is 5.11 Å². The number of hydrogen-bond donors (Lipinski definition) is 3. The smallest absolute Gasteiger partial charge is 0.220 e. The minimum atomic E-state index is 0. The van der Waals surface area contributed by atoms with Crippen LogP contribution in [0.2, 0.25) is 0 Å². The van der Waals surface area contributed by atoms with Crippen LogP contribution in [0.4, 0.5) is 5.95 Å². The van der Waals surface area contributed by atoms with Crippen molar-refractivity contribution in [2.75, 3.05) is 18.8 Å². The zero-order valence-corrected chi connectivity index (χ0v) is 19.2. The fourth-order valence-electron chi connectivity index (χ4n) is 4.41. The van der Waals surface area contributed by atoms with E-state index in [4.69, 9.17) is 5.73 Å². The molecule has 1 aliphatic heterocycles. The molecule has 4 N–H and O–H groups in total. The van der Waals surface area contributed by atoms with E-state index in [1.54, 1.807) is 12.1 Å². The first kappa shape index (κ1) is 23.9. The molecule has 6 nitrogen and oxygen atoms in total. The summed E-state index contributed by atoms with van der Waals surface area (Å²) in [6.45, 7) is 2.98. The van der Waals surface area contributed by atoms with Gasteiger partial charge in [-0.25, -0.2) is 9.97 Å². The number of nitrogen functional groups attached to an aromatic ring is 1. The van der Waals surface area contributed by atoms with Crippen molar-refractivity contribution in [1.82, 2.24) is 19.9 Å². The Labute approximate surface area is 199 Å². The monoisotopic (exact) mass is 471 g/mol. The Morgan fingerprint density at radius 3 is 2.50 bits per heavy atom. The topological polar surface area (TPSA) is 91.1 Å². The normalized spacial score (nSPS) is 14.6. The number of para-hydroxylation sites is 2. The second kappa shape index (κ2) is 10.2. The first-order valence-corrected chi connectivity index (χ1v) is 10.4. The lowest BCUT2D eigenvalue weighted by Gasteiger charge is -2.31. The average Bonchev–Trinajstić information content (AvgIpc) is 3.17. The number of aromatic hydroxyl groups is 1. The highest BCUT2D eigenvalue weighted by Gasteiger charge is 2.23. The molecule has 1 aliphatic rings. The van der Waals surface area contributed by atoms with Crippen molar-refractivity contribution >= 4 is 41.7 Å². The van der Waals surface area contributed by atoms with Crippen molar-refractivity contribution in [2.24, 2.45) is 0 Å². The molecule has 8 heteroatoms. The molecule has 3 heterocycles. The summed E-state index contributed by atoms with van der Waals surface area (Å²) in [5.41, 5.74) is 10.9. The molecule has 2 aromatic carbocycles. The van der Waals surface area contributed by atoms with Crippen LogP contribution in [-0.2, 0) is 6.54 Å². The maximum atomic E-state index is 10.2. The van der Waals surface area contributed by atoms with Gasteiger partial charge in [0.2, 0.25) is 5.95 Å². The van der Waals surface area contributed by atoms with Crippen LogP contribution >= 0.6 is 24.8 Å². The van der Waals surface area contributed by atoms with Crippen LogP contribution in [-0.4, -0.2) is 38.0 Å². The Bertz CT molecular complexity index is 1190. The maximum Gasteiger partial charge on any atom is 0.220 e. The van der Waals surface area contributed by atoms with Gasteiger partial charge in [-0.15, -0.1) is 24.8 Å². The highest BCUT2D eigenvalue weighted by molar-refractivity contribution is 5.85. The summed E-state index contributed by atoms with van der Waals surface area (Å²) in [5.74, 6) is 0.807. The van der Waals surface area contributed by atoms with Gasteiger partial charge in [0, 0.05) is 40.8 Å². The molecule has 0 amide bonds. The molecule has 0 unspecified atom stereocenters. The van der Waals surface area contributed by atoms with Crippen molar-refractivity contribution in [1.29, 1.82) is 0 Å². The number of nitrogens with one attached hydrogen (secondary N) is 1. The Morgan fingerprint density at radius 2 is 1.72 bits per heavy atom. The number of nitrogens with zero attached hydrogens (tertiary/aromatic N) is 3.